The smallest absolute Gasteiger partial charge is 0.220 e. The summed E-state index contributed by atoms with van der Waals surface area (Å²) >= 11 is 0.600. The van der Waals surface area contributed by atoms with Crippen molar-refractivity contribution in [2.75, 3.05) is 0 Å². The molecule has 0 aromatic heterocycles. The molecule has 1 atom stereocenters. The van der Waals surface area contributed by atoms with Gasteiger partial charge in [0.1, 0.15) is 5.40 Å². The van der Waals surface area contributed by atoms with E-state index in [1.807, 2.05) is 30.3 Å². The number of nitrogens with zero attached hydrogens (tertiary/aromatic N) is 1. The third kappa shape index (κ3) is 3.21. The SMILES string of the molecule is N#CSC(=O)[C@@H](N)Cc1ccccc1. The second-order valence-electron chi connectivity index (χ2n) is 2.81. The number of hydrogen-bond donors (Lipinski definition) is 1. The normalized spacial score (nSPS) is 11.7. The summed E-state index contributed by atoms with van der Waals surface area (Å²) in [6, 6.07) is 8.91. The zero-order chi connectivity index (χ0) is 10.4. The molecular weight excluding hydrogens is 196 g/mol. The van der Waals surface area contributed by atoms with E-state index in [-0.39, 0.29) is 5.12 Å². The van der Waals surface area contributed by atoms with Gasteiger partial charge in [0.15, 0.2) is 0 Å². The number of thiocyanates is 1. The first-order chi connectivity index (χ1) is 6.74. The first kappa shape index (κ1) is 10.8. The molecule has 0 radical (unpaired) electrons. The molecular formula is C10H10N2OS. The Bertz CT molecular complexity index is 345. The summed E-state index contributed by atoms with van der Waals surface area (Å²) < 4.78 is 0. The average molecular weight is 206 g/mol. The fourth-order valence-corrected chi connectivity index (χ4v) is 1.40. The summed E-state index contributed by atoms with van der Waals surface area (Å²) in [6.45, 7) is 0. The highest BCUT2D eigenvalue weighted by Crippen LogP contribution is 2.07. The van der Waals surface area contributed by atoms with Crippen molar-refractivity contribution in [3.8, 4) is 5.40 Å². The molecule has 0 aliphatic carbocycles. The lowest BCUT2D eigenvalue weighted by Gasteiger charge is -2.06. The summed E-state index contributed by atoms with van der Waals surface area (Å²) in [5.41, 5.74) is 6.62. The molecule has 0 spiro atoms. The maximum atomic E-state index is 11.2. The number of nitrogens with two attached hydrogens (primary N) is 1. The van der Waals surface area contributed by atoms with E-state index in [1.54, 1.807) is 5.40 Å². The van der Waals surface area contributed by atoms with Gasteiger partial charge in [-0.25, -0.2) is 0 Å². The molecule has 0 heterocycles. The number of carbonyl (C=O) groups is 1. The van der Waals surface area contributed by atoms with Crippen LogP contribution in [0.1, 0.15) is 5.56 Å². The van der Waals surface area contributed by atoms with Crippen molar-refractivity contribution in [1.29, 1.82) is 5.26 Å². The largest absolute Gasteiger partial charge is 0.320 e. The van der Waals surface area contributed by atoms with Gasteiger partial charge in [-0.1, -0.05) is 30.3 Å². The number of carbonyl (C=O) groups excluding carboxylic acids is 1. The molecule has 0 saturated carbocycles. The molecule has 0 fully saturated rings. The van der Waals surface area contributed by atoms with Crippen LogP contribution < -0.4 is 5.73 Å². The van der Waals surface area contributed by atoms with Crippen molar-refractivity contribution < 1.29 is 4.79 Å². The van der Waals surface area contributed by atoms with Gasteiger partial charge in [-0.15, -0.1) is 0 Å². The van der Waals surface area contributed by atoms with Gasteiger partial charge in [0, 0.05) is 11.8 Å². The number of hydrogen-bond acceptors (Lipinski definition) is 4. The van der Waals surface area contributed by atoms with Gasteiger partial charge in [-0.05, 0) is 12.0 Å². The highest BCUT2D eigenvalue weighted by atomic mass is 32.2. The Kier molecular flexibility index (Phi) is 4.17. The van der Waals surface area contributed by atoms with Crippen LogP contribution >= 0.6 is 11.8 Å². The molecule has 0 aliphatic heterocycles. The van der Waals surface area contributed by atoms with E-state index in [4.69, 9.17) is 11.0 Å². The first-order valence-corrected chi connectivity index (χ1v) is 4.95. The Hall–Kier alpha value is -1.31. The molecule has 14 heavy (non-hydrogen) atoms. The molecule has 1 rings (SSSR count). The van der Waals surface area contributed by atoms with Crippen LogP contribution in [0.4, 0.5) is 0 Å². The minimum atomic E-state index is -0.595. The van der Waals surface area contributed by atoms with Crippen molar-refractivity contribution in [2.24, 2.45) is 5.73 Å². The monoisotopic (exact) mass is 206 g/mol. The standard InChI is InChI=1S/C10H10N2OS/c11-7-14-10(13)9(12)6-8-4-2-1-3-5-8/h1-5,9H,6,12H2/t9-/m0/s1. The van der Waals surface area contributed by atoms with Gasteiger partial charge >= 0.3 is 0 Å². The molecule has 0 aliphatic rings. The predicted octanol–water partition coefficient (Wildman–Crippen LogP) is 1.30. The molecule has 1 aromatic carbocycles. The quantitative estimate of drug-likeness (QED) is 0.757. The van der Waals surface area contributed by atoms with Gasteiger partial charge in [0.2, 0.25) is 5.12 Å². The van der Waals surface area contributed by atoms with E-state index < -0.39 is 6.04 Å². The Morgan fingerprint density at radius 1 is 1.50 bits per heavy atom. The molecule has 1 aromatic rings. The van der Waals surface area contributed by atoms with Gasteiger partial charge in [-0.3, -0.25) is 4.79 Å². The van der Waals surface area contributed by atoms with Crippen molar-refractivity contribution in [2.45, 2.75) is 12.5 Å². The van der Waals surface area contributed by atoms with Crippen LogP contribution in [0.3, 0.4) is 0 Å². The third-order valence-electron chi connectivity index (χ3n) is 1.75. The van der Waals surface area contributed by atoms with E-state index >= 15 is 0 Å². The Morgan fingerprint density at radius 2 is 2.14 bits per heavy atom. The first-order valence-electron chi connectivity index (χ1n) is 4.13. The maximum Gasteiger partial charge on any atom is 0.220 e. The molecule has 2 N–H and O–H groups in total. The van der Waals surface area contributed by atoms with Gasteiger partial charge in [0.25, 0.3) is 0 Å². The summed E-state index contributed by atoms with van der Waals surface area (Å²) in [7, 11) is 0. The number of thioether (sulfide) groups is 1. The summed E-state index contributed by atoms with van der Waals surface area (Å²) in [6.07, 6.45) is 0.481. The maximum absolute atomic E-state index is 11.2. The fraction of sp³-hybridized carbons (Fsp3) is 0.200. The number of nitriles is 1. The Morgan fingerprint density at radius 3 is 2.71 bits per heavy atom. The van der Waals surface area contributed by atoms with Crippen molar-refractivity contribution in [1.82, 2.24) is 0 Å². The summed E-state index contributed by atoms with van der Waals surface area (Å²) in [5.74, 6) is 0. The second-order valence-corrected chi connectivity index (χ2v) is 3.60. The second kappa shape index (κ2) is 5.43. The summed E-state index contributed by atoms with van der Waals surface area (Å²) in [5, 5.41) is 9.73. The minimum absolute atomic E-state index is 0.281. The predicted molar refractivity (Wildman–Crippen MR) is 56.3 cm³/mol. The summed E-state index contributed by atoms with van der Waals surface area (Å²) in [4.78, 5) is 11.2. The highest BCUT2D eigenvalue weighted by Gasteiger charge is 2.14. The van der Waals surface area contributed by atoms with Crippen LogP contribution in [0.2, 0.25) is 0 Å². The van der Waals surface area contributed by atoms with Gasteiger partial charge < -0.3 is 5.73 Å². The van der Waals surface area contributed by atoms with E-state index in [1.165, 1.54) is 0 Å². The van der Waals surface area contributed by atoms with Crippen LogP contribution in [-0.4, -0.2) is 11.2 Å². The van der Waals surface area contributed by atoms with Crippen LogP contribution in [0.15, 0.2) is 30.3 Å². The lowest BCUT2D eigenvalue weighted by Crippen LogP contribution is -2.30. The average Bonchev–Trinajstić information content (AvgIpc) is 2.19. The minimum Gasteiger partial charge on any atom is -0.320 e. The van der Waals surface area contributed by atoms with Crippen molar-refractivity contribution in [3.05, 3.63) is 35.9 Å². The van der Waals surface area contributed by atoms with Crippen LogP contribution in [0, 0.1) is 10.7 Å². The fourth-order valence-electron chi connectivity index (χ4n) is 1.07. The van der Waals surface area contributed by atoms with Crippen molar-refractivity contribution in [3.63, 3.8) is 0 Å². The molecule has 4 heteroatoms. The van der Waals surface area contributed by atoms with E-state index in [0.717, 1.165) is 5.56 Å². The van der Waals surface area contributed by atoms with Crippen LogP contribution in [-0.2, 0) is 11.2 Å². The van der Waals surface area contributed by atoms with Gasteiger partial charge in [-0.2, -0.15) is 5.26 Å². The molecule has 0 bridgehead atoms. The number of benzene rings is 1. The zero-order valence-corrected chi connectivity index (χ0v) is 8.33. The van der Waals surface area contributed by atoms with Crippen molar-refractivity contribution >= 4 is 16.9 Å². The van der Waals surface area contributed by atoms with Crippen LogP contribution in [0.25, 0.3) is 0 Å². The molecule has 0 saturated heterocycles. The lowest BCUT2D eigenvalue weighted by molar-refractivity contribution is -0.112. The van der Waals surface area contributed by atoms with Gasteiger partial charge in [0.05, 0.1) is 6.04 Å². The van der Waals surface area contributed by atoms with E-state index in [0.29, 0.717) is 18.2 Å². The third-order valence-corrected chi connectivity index (χ3v) is 2.34. The molecule has 72 valence electrons. The van der Waals surface area contributed by atoms with Crippen LogP contribution in [0.5, 0.6) is 0 Å². The lowest BCUT2D eigenvalue weighted by atomic mass is 10.1. The molecule has 0 amide bonds. The Labute approximate surface area is 86.9 Å². The number of rotatable bonds is 3. The molecule has 3 nitrogen and oxygen atoms in total. The Balaban J connectivity index is 2.54. The molecule has 0 unspecified atom stereocenters. The topological polar surface area (TPSA) is 66.9 Å². The zero-order valence-electron chi connectivity index (χ0n) is 7.51. The highest BCUT2D eigenvalue weighted by molar-refractivity contribution is 8.17. The van der Waals surface area contributed by atoms with E-state index in [2.05, 4.69) is 0 Å². The van der Waals surface area contributed by atoms with E-state index in [9.17, 15) is 4.79 Å².